The summed E-state index contributed by atoms with van der Waals surface area (Å²) < 4.78 is 16.1. The lowest BCUT2D eigenvalue weighted by molar-refractivity contribution is -0.139. The first kappa shape index (κ1) is 16.2. The monoisotopic (exact) mass is 379 g/mol. The van der Waals surface area contributed by atoms with E-state index in [2.05, 4.69) is 39.3 Å². The molecule has 0 atom stereocenters. The summed E-state index contributed by atoms with van der Waals surface area (Å²) in [7, 11) is 0. The molecule has 1 amide bonds. The smallest absolute Gasteiger partial charge is 0.223 e. The molecule has 0 aliphatic carbocycles. The van der Waals surface area contributed by atoms with Gasteiger partial charge in [0.1, 0.15) is 21.9 Å². The largest absolute Gasteiger partial charge is 0.328 e. The van der Waals surface area contributed by atoms with E-state index in [-0.39, 0.29) is 17.3 Å². The number of halogens is 2. The number of imidazole rings is 1. The van der Waals surface area contributed by atoms with Gasteiger partial charge in [0, 0.05) is 18.5 Å². The van der Waals surface area contributed by atoms with Crippen molar-refractivity contribution >= 4 is 21.8 Å². The van der Waals surface area contributed by atoms with Gasteiger partial charge in [0.25, 0.3) is 0 Å². The van der Waals surface area contributed by atoms with Crippen molar-refractivity contribution in [3.63, 3.8) is 0 Å². The van der Waals surface area contributed by atoms with E-state index in [9.17, 15) is 9.18 Å². The van der Waals surface area contributed by atoms with Crippen LogP contribution in [0.1, 0.15) is 33.0 Å². The van der Waals surface area contributed by atoms with Crippen LogP contribution in [0.2, 0.25) is 0 Å². The van der Waals surface area contributed by atoms with Gasteiger partial charge in [0.15, 0.2) is 0 Å². The van der Waals surface area contributed by atoms with E-state index in [1.165, 1.54) is 12.1 Å². The van der Waals surface area contributed by atoms with Crippen LogP contribution in [-0.2, 0) is 17.9 Å². The molecular weight excluding hydrogens is 361 g/mol. The van der Waals surface area contributed by atoms with Gasteiger partial charge in [-0.2, -0.15) is 0 Å². The van der Waals surface area contributed by atoms with Crippen LogP contribution in [-0.4, -0.2) is 25.9 Å². The normalized spacial score (nSPS) is 16.3. The summed E-state index contributed by atoms with van der Waals surface area (Å²) >= 11 is 3.62. The number of nitrogens with zero attached hydrogens (tertiary/aromatic N) is 3. The fourth-order valence-electron chi connectivity index (χ4n) is 2.99. The van der Waals surface area contributed by atoms with E-state index in [1.54, 1.807) is 12.1 Å². The Morgan fingerprint density at radius 2 is 2.00 bits per heavy atom. The minimum Gasteiger partial charge on any atom is -0.328 e. The number of hydrogen-bond donors (Lipinski definition) is 0. The molecule has 0 saturated carbocycles. The minimum atomic E-state index is -0.274. The standard InChI is InChI=1S/C17H19BrFN3O/c1-4-14(23)22-9-13-20-15(11-5-7-12(19)8-6-11)16(18)21(13)10-17(22,2)3/h5-8H,4,9-10H2,1-3H3. The summed E-state index contributed by atoms with van der Waals surface area (Å²) in [6.45, 7) is 7.16. The zero-order valence-corrected chi connectivity index (χ0v) is 15.0. The van der Waals surface area contributed by atoms with Crippen LogP contribution in [0.3, 0.4) is 0 Å². The maximum Gasteiger partial charge on any atom is 0.223 e. The van der Waals surface area contributed by atoms with Crippen LogP contribution in [0, 0.1) is 5.82 Å². The first-order valence-electron chi connectivity index (χ1n) is 7.65. The molecule has 0 bridgehead atoms. The first-order chi connectivity index (χ1) is 10.8. The van der Waals surface area contributed by atoms with Gasteiger partial charge >= 0.3 is 0 Å². The third-order valence-electron chi connectivity index (χ3n) is 4.28. The topological polar surface area (TPSA) is 38.1 Å². The highest BCUT2D eigenvalue weighted by Crippen LogP contribution is 2.35. The summed E-state index contributed by atoms with van der Waals surface area (Å²) in [4.78, 5) is 18.8. The maximum atomic E-state index is 13.1. The molecule has 1 aromatic heterocycles. The van der Waals surface area contributed by atoms with Crippen LogP contribution in [0.4, 0.5) is 4.39 Å². The van der Waals surface area contributed by atoms with E-state index in [4.69, 9.17) is 0 Å². The Morgan fingerprint density at radius 1 is 1.35 bits per heavy atom. The summed E-state index contributed by atoms with van der Waals surface area (Å²) in [5.74, 6) is 0.704. The second kappa shape index (κ2) is 5.74. The summed E-state index contributed by atoms with van der Waals surface area (Å²) in [5.41, 5.74) is 1.36. The molecule has 0 spiro atoms. The molecule has 0 saturated heterocycles. The molecule has 122 valence electrons. The van der Waals surface area contributed by atoms with Crippen LogP contribution < -0.4 is 0 Å². The molecule has 0 fully saturated rings. The van der Waals surface area contributed by atoms with Crippen LogP contribution in [0.5, 0.6) is 0 Å². The lowest BCUT2D eigenvalue weighted by Gasteiger charge is -2.42. The van der Waals surface area contributed by atoms with Crippen molar-refractivity contribution in [2.24, 2.45) is 0 Å². The highest BCUT2D eigenvalue weighted by atomic mass is 79.9. The van der Waals surface area contributed by atoms with E-state index in [0.29, 0.717) is 19.5 Å². The van der Waals surface area contributed by atoms with E-state index < -0.39 is 0 Å². The Hall–Kier alpha value is -1.69. The molecule has 2 heterocycles. The van der Waals surface area contributed by atoms with Crippen molar-refractivity contribution in [3.8, 4) is 11.3 Å². The average molecular weight is 380 g/mol. The zero-order chi connectivity index (χ0) is 16.8. The SMILES string of the molecule is CCC(=O)N1Cc2nc(-c3ccc(F)cc3)c(Br)n2CC1(C)C. The second-order valence-electron chi connectivity index (χ2n) is 6.41. The molecule has 0 unspecified atom stereocenters. The van der Waals surface area contributed by atoms with E-state index >= 15 is 0 Å². The fraction of sp³-hybridized carbons (Fsp3) is 0.412. The second-order valence-corrected chi connectivity index (χ2v) is 7.16. The van der Waals surface area contributed by atoms with Gasteiger partial charge in [-0.05, 0) is 54.0 Å². The molecule has 1 aromatic carbocycles. The molecular formula is C17H19BrFN3O. The zero-order valence-electron chi connectivity index (χ0n) is 13.4. The molecule has 0 N–H and O–H groups in total. The Morgan fingerprint density at radius 3 is 2.61 bits per heavy atom. The van der Waals surface area contributed by atoms with Crippen molar-refractivity contribution in [2.75, 3.05) is 0 Å². The predicted molar refractivity (Wildman–Crippen MR) is 90.2 cm³/mol. The van der Waals surface area contributed by atoms with Crippen molar-refractivity contribution < 1.29 is 9.18 Å². The fourth-order valence-corrected chi connectivity index (χ4v) is 3.64. The average Bonchev–Trinajstić information content (AvgIpc) is 2.82. The Labute approximate surface area is 143 Å². The van der Waals surface area contributed by atoms with Crippen molar-refractivity contribution in [1.29, 1.82) is 0 Å². The van der Waals surface area contributed by atoms with E-state index in [0.717, 1.165) is 21.7 Å². The number of benzene rings is 1. The van der Waals surface area contributed by atoms with Crippen LogP contribution >= 0.6 is 15.9 Å². The van der Waals surface area contributed by atoms with Crippen LogP contribution in [0.15, 0.2) is 28.9 Å². The van der Waals surface area contributed by atoms with Crippen molar-refractivity contribution in [2.45, 2.75) is 45.8 Å². The lowest BCUT2D eigenvalue weighted by atomic mass is 9.99. The Balaban J connectivity index is 2.03. The lowest BCUT2D eigenvalue weighted by Crippen LogP contribution is -2.53. The summed E-state index contributed by atoms with van der Waals surface area (Å²) in [6.07, 6.45) is 0.482. The van der Waals surface area contributed by atoms with Gasteiger partial charge in [-0.3, -0.25) is 4.79 Å². The number of aromatic nitrogens is 2. The predicted octanol–water partition coefficient (Wildman–Crippen LogP) is 3.98. The third kappa shape index (κ3) is 2.80. The molecule has 1 aliphatic heterocycles. The summed E-state index contributed by atoms with van der Waals surface area (Å²) in [5, 5.41) is 0. The summed E-state index contributed by atoms with van der Waals surface area (Å²) in [6, 6.07) is 6.29. The number of carbonyl (C=O) groups excluding carboxylic acids is 1. The quantitative estimate of drug-likeness (QED) is 0.791. The van der Waals surface area contributed by atoms with Gasteiger partial charge in [0.2, 0.25) is 5.91 Å². The molecule has 23 heavy (non-hydrogen) atoms. The van der Waals surface area contributed by atoms with Crippen molar-refractivity contribution in [3.05, 3.63) is 40.5 Å². The van der Waals surface area contributed by atoms with E-state index in [1.807, 2.05) is 11.8 Å². The van der Waals surface area contributed by atoms with Gasteiger partial charge in [-0.15, -0.1) is 0 Å². The molecule has 4 nitrogen and oxygen atoms in total. The highest BCUT2D eigenvalue weighted by molar-refractivity contribution is 9.10. The van der Waals surface area contributed by atoms with Gasteiger partial charge in [-0.1, -0.05) is 6.92 Å². The van der Waals surface area contributed by atoms with Crippen LogP contribution in [0.25, 0.3) is 11.3 Å². The number of carbonyl (C=O) groups is 1. The Bertz CT molecular complexity index is 752. The number of hydrogen-bond acceptors (Lipinski definition) is 2. The molecule has 2 aromatic rings. The molecule has 6 heteroatoms. The number of rotatable bonds is 2. The third-order valence-corrected chi connectivity index (χ3v) is 5.08. The van der Waals surface area contributed by atoms with Gasteiger partial charge in [-0.25, -0.2) is 9.37 Å². The van der Waals surface area contributed by atoms with Gasteiger partial charge < -0.3 is 9.47 Å². The maximum absolute atomic E-state index is 13.1. The minimum absolute atomic E-state index is 0.128. The van der Waals surface area contributed by atoms with Crippen molar-refractivity contribution in [1.82, 2.24) is 14.5 Å². The first-order valence-corrected chi connectivity index (χ1v) is 8.44. The Kier molecular flexibility index (Phi) is 4.04. The number of fused-ring (bicyclic) bond motifs is 1. The molecule has 3 rings (SSSR count). The highest BCUT2D eigenvalue weighted by Gasteiger charge is 2.37. The molecule has 1 aliphatic rings. The molecule has 0 radical (unpaired) electrons. The number of amides is 1. The van der Waals surface area contributed by atoms with Gasteiger partial charge in [0.05, 0.1) is 12.1 Å².